The van der Waals surface area contributed by atoms with E-state index in [0.717, 1.165) is 0 Å². The number of rotatable bonds is 2. The average molecular weight is 234 g/mol. The van der Waals surface area contributed by atoms with Crippen LogP contribution in [-0.2, 0) is 0 Å². The highest BCUT2D eigenvalue weighted by molar-refractivity contribution is 5.77. The fourth-order valence-corrected chi connectivity index (χ4v) is 2.18. The van der Waals surface area contributed by atoms with E-state index in [2.05, 4.69) is 58.8 Å². The number of nitrogens with one attached hydrogen (secondary N) is 1. The van der Waals surface area contributed by atoms with Gasteiger partial charge >= 0.3 is 0 Å². The predicted octanol–water partition coefficient (Wildman–Crippen LogP) is 3.40. The summed E-state index contributed by atoms with van der Waals surface area (Å²) in [6, 6.07) is 20.8. The highest BCUT2D eigenvalue weighted by Crippen LogP contribution is 2.33. The molecule has 0 saturated carbocycles. The van der Waals surface area contributed by atoms with Crippen LogP contribution in [0.25, 0.3) is 5.57 Å². The second-order valence-electron chi connectivity index (χ2n) is 4.22. The summed E-state index contributed by atoms with van der Waals surface area (Å²) in [6.07, 6.45) is 3.78. The molecule has 2 heteroatoms. The third-order valence-corrected chi connectivity index (χ3v) is 3.05. The largest absolute Gasteiger partial charge is 0.353 e. The predicted molar refractivity (Wildman–Crippen MR) is 75.2 cm³/mol. The van der Waals surface area contributed by atoms with E-state index in [0.29, 0.717) is 0 Å². The molecular formula is C16H14N2. The Hall–Kier alpha value is -2.35. The molecule has 0 saturated heterocycles. The van der Waals surface area contributed by atoms with Crippen LogP contribution in [0.4, 0.5) is 0 Å². The van der Waals surface area contributed by atoms with Crippen molar-refractivity contribution in [3.63, 3.8) is 0 Å². The number of hydrogen-bond donors (Lipinski definition) is 1. The molecule has 0 amide bonds. The topological polar surface area (TPSA) is 24.4 Å². The first-order chi connectivity index (χ1) is 8.95. The summed E-state index contributed by atoms with van der Waals surface area (Å²) in [6.45, 7) is 0. The fourth-order valence-electron chi connectivity index (χ4n) is 2.18. The summed E-state index contributed by atoms with van der Waals surface area (Å²) in [7, 11) is 0. The molecular weight excluding hydrogens is 220 g/mol. The fraction of sp³-hybridized carbons (Fsp3) is 0.0625. The van der Waals surface area contributed by atoms with Gasteiger partial charge in [-0.3, -0.25) is 4.99 Å². The van der Waals surface area contributed by atoms with Crippen molar-refractivity contribution < 1.29 is 0 Å². The van der Waals surface area contributed by atoms with E-state index in [4.69, 9.17) is 0 Å². The second kappa shape index (κ2) is 4.88. The van der Waals surface area contributed by atoms with Crippen molar-refractivity contribution in [1.29, 1.82) is 0 Å². The molecule has 2 aromatic rings. The van der Waals surface area contributed by atoms with E-state index in [1.807, 2.05) is 18.3 Å². The van der Waals surface area contributed by atoms with E-state index < -0.39 is 0 Å². The Morgan fingerprint density at radius 3 is 2.22 bits per heavy atom. The van der Waals surface area contributed by atoms with Crippen molar-refractivity contribution in [3.8, 4) is 0 Å². The van der Waals surface area contributed by atoms with E-state index in [1.54, 1.807) is 6.34 Å². The maximum absolute atomic E-state index is 4.55. The smallest absolute Gasteiger partial charge is 0.104 e. The molecule has 1 aliphatic heterocycles. The molecule has 1 heterocycles. The molecule has 0 aromatic heterocycles. The quantitative estimate of drug-likeness (QED) is 0.846. The van der Waals surface area contributed by atoms with Crippen molar-refractivity contribution in [3.05, 3.63) is 78.0 Å². The van der Waals surface area contributed by atoms with Gasteiger partial charge < -0.3 is 5.32 Å². The van der Waals surface area contributed by atoms with Crippen LogP contribution in [0.1, 0.15) is 17.2 Å². The minimum absolute atomic E-state index is 0.0786. The van der Waals surface area contributed by atoms with Crippen molar-refractivity contribution in [2.45, 2.75) is 6.04 Å². The lowest BCUT2D eigenvalue weighted by Gasteiger charge is -2.20. The van der Waals surface area contributed by atoms with Crippen LogP contribution in [0, 0.1) is 0 Å². The maximum atomic E-state index is 4.55. The van der Waals surface area contributed by atoms with Crippen LogP contribution in [0.5, 0.6) is 0 Å². The van der Waals surface area contributed by atoms with E-state index in [-0.39, 0.29) is 6.04 Å². The Morgan fingerprint density at radius 1 is 0.833 bits per heavy atom. The maximum Gasteiger partial charge on any atom is 0.104 e. The lowest BCUT2D eigenvalue weighted by Crippen LogP contribution is -2.13. The third kappa shape index (κ3) is 2.05. The molecule has 1 aliphatic rings. The summed E-state index contributed by atoms with van der Waals surface area (Å²) in [5, 5.41) is 3.08. The zero-order valence-corrected chi connectivity index (χ0v) is 9.95. The number of hydrogen-bond acceptors (Lipinski definition) is 2. The first-order valence-corrected chi connectivity index (χ1v) is 6.03. The van der Waals surface area contributed by atoms with Gasteiger partial charge in [-0.1, -0.05) is 60.7 Å². The minimum Gasteiger partial charge on any atom is -0.353 e. The lowest BCUT2D eigenvalue weighted by atomic mass is 9.93. The Morgan fingerprint density at radius 2 is 1.50 bits per heavy atom. The molecule has 1 N–H and O–H groups in total. The summed E-state index contributed by atoms with van der Waals surface area (Å²) in [4.78, 5) is 4.55. The standard InChI is InChI=1S/C16H14N2/c1-3-7-13(8-4-1)15-11-17-12-18-16(15)14-9-5-2-6-10-14/h1-12,16H,(H,17,18). The SMILES string of the molecule is C1=NC(c2ccccc2)C(c2ccccc2)=CN1. The van der Waals surface area contributed by atoms with Gasteiger partial charge in [0.15, 0.2) is 0 Å². The van der Waals surface area contributed by atoms with E-state index in [9.17, 15) is 0 Å². The van der Waals surface area contributed by atoms with Crippen molar-refractivity contribution in [1.82, 2.24) is 5.32 Å². The van der Waals surface area contributed by atoms with Gasteiger partial charge in [0.1, 0.15) is 6.04 Å². The van der Waals surface area contributed by atoms with Crippen LogP contribution in [0.2, 0.25) is 0 Å². The normalized spacial score (nSPS) is 18.0. The minimum atomic E-state index is 0.0786. The zero-order chi connectivity index (χ0) is 12.2. The van der Waals surface area contributed by atoms with Gasteiger partial charge in [0, 0.05) is 11.8 Å². The molecule has 2 aromatic carbocycles. The Bertz CT molecular complexity index is 571. The van der Waals surface area contributed by atoms with Gasteiger partial charge in [0.2, 0.25) is 0 Å². The first-order valence-electron chi connectivity index (χ1n) is 6.03. The molecule has 1 unspecified atom stereocenters. The number of aliphatic imine (C=N–C) groups is 1. The van der Waals surface area contributed by atoms with Gasteiger partial charge in [-0.25, -0.2) is 0 Å². The zero-order valence-electron chi connectivity index (χ0n) is 9.95. The molecule has 1 atom stereocenters. The van der Waals surface area contributed by atoms with E-state index >= 15 is 0 Å². The second-order valence-corrected chi connectivity index (χ2v) is 4.22. The number of nitrogens with zero attached hydrogens (tertiary/aromatic N) is 1. The third-order valence-electron chi connectivity index (χ3n) is 3.05. The monoisotopic (exact) mass is 234 g/mol. The first kappa shape index (κ1) is 10.8. The molecule has 0 spiro atoms. The van der Waals surface area contributed by atoms with Gasteiger partial charge in [-0.05, 0) is 11.1 Å². The lowest BCUT2D eigenvalue weighted by molar-refractivity contribution is 0.906. The molecule has 0 radical (unpaired) electrons. The van der Waals surface area contributed by atoms with Gasteiger partial charge in [0.25, 0.3) is 0 Å². The molecule has 18 heavy (non-hydrogen) atoms. The Balaban J connectivity index is 2.01. The van der Waals surface area contributed by atoms with Crippen LogP contribution >= 0.6 is 0 Å². The molecule has 88 valence electrons. The molecule has 0 fully saturated rings. The Kier molecular flexibility index (Phi) is 2.92. The van der Waals surface area contributed by atoms with Gasteiger partial charge in [0.05, 0.1) is 6.34 Å². The summed E-state index contributed by atoms with van der Waals surface area (Å²) in [5.74, 6) is 0. The van der Waals surface area contributed by atoms with Crippen molar-refractivity contribution in [2.24, 2.45) is 4.99 Å². The van der Waals surface area contributed by atoms with Crippen molar-refractivity contribution in [2.75, 3.05) is 0 Å². The van der Waals surface area contributed by atoms with Crippen LogP contribution < -0.4 is 5.32 Å². The average Bonchev–Trinajstić information content (AvgIpc) is 2.49. The summed E-state index contributed by atoms with van der Waals surface area (Å²) in [5.41, 5.74) is 3.62. The van der Waals surface area contributed by atoms with Gasteiger partial charge in [-0.2, -0.15) is 0 Å². The molecule has 2 nitrogen and oxygen atoms in total. The highest BCUT2D eigenvalue weighted by atomic mass is 15.0. The van der Waals surface area contributed by atoms with Crippen LogP contribution in [0.3, 0.4) is 0 Å². The summed E-state index contributed by atoms with van der Waals surface area (Å²) < 4.78 is 0. The number of benzene rings is 2. The summed E-state index contributed by atoms with van der Waals surface area (Å²) >= 11 is 0. The highest BCUT2D eigenvalue weighted by Gasteiger charge is 2.18. The van der Waals surface area contributed by atoms with E-state index in [1.165, 1.54) is 16.7 Å². The molecule has 0 aliphatic carbocycles. The van der Waals surface area contributed by atoms with Crippen LogP contribution in [-0.4, -0.2) is 6.34 Å². The Labute approximate surface area is 107 Å². The van der Waals surface area contributed by atoms with Gasteiger partial charge in [-0.15, -0.1) is 0 Å². The molecule has 3 rings (SSSR count). The van der Waals surface area contributed by atoms with Crippen molar-refractivity contribution >= 4 is 11.9 Å². The van der Waals surface area contributed by atoms with Crippen LogP contribution in [0.15, 0.2) is 71.9 Å². The molecule has 0 bridgehead atoms.